The fourth-order valence-electron chi connectivity index (χ4n) is 2.75. The van der Waals surface area contributed by atoms with Gasteiger partial charge in [-0.15, -0.1) is 0 Å². The fraction of sp³-hybridized carbons (Fsp3) is 0.208. The molecule has 0 aliphatic carbocycles. The highest BCUT2D eigenvalue weighted by molar-refractivity contribution is 7.80. The number of carbonyl (C=O) groups excluding carboxylic acids is 2. The van der Waals surface area contributed by atoms with Gasteiger partial charge in [0, 0.05) is 16.8 Å². The van der Waals surface area contributed by atoms with Crippen LogP contribution in [0.2, 0.25) is 0 Å². The maximum atomic E-state index is 12.5. The van der Waals surface area contributed by atoms with Crippen LogP contribution in [0.5, 0.6) is 5.75 Å². The first-order valence-corrected chi connectivity index (χ1v) is 10.6. The molecule has 8 heteroatoms. The van der Waals surface area contributed by atoms with Crippen LogP contribution in [-0.4, -0.2) is 23.0 Å². The third-order valence-corrected chi connectivity index (χ3v) is 4.85. The lowest BCUT2D eigenvalue weighted by Crippen LogP contribution is -2.34. The van der Waals surface area contributed by atoms with E-state index in [2.05, 4.69) is 16.0 Å². The lowest BCUT2D eigenvalue weighted by Gasteiger charge is -2.14. The summed E-state index contributed by atoms with van der Waals surface area (Å²) in [6, 6.07) is 17.3. The summed E-state index contributed by atoms with van der Waals surface area (Å²) in [6.45, 7) is 4.32. The molecule has 1 atom stereocenters. The zero-order chi connectivity index (χ0) is 22.9. The topological polar surface area (TPSA) is 92.6 Å². The Bertz CT molecular complexity index is 1070. The maximum Gasteiger partial charge on any atom is 0.257 e. The molecule has 0 aliphatic rings. The van der Waals surface area contributed by atoms with E-state index in [-0.39, 0.29) is 23.0 Å². The van der Waals surface area contributed by atoms with Crippen LogP contribution < -0.4 is 20.7 Å². The van der Waals surface area contributed by atoms with E-state index in [0.29, 0.717) is 34.9 Å². The lowest BCUT2D eigenvalue weighted by molar-refractivity contribution is 0.0946. The molecule has 2 aromatic carbocycles. The molecule has 166 valence electrons. The molecule has 0 radical (unpaired) electrons. The second-order valence-electron chi connectivity index (χ2n) is 7.11. The Morgan fingerprint density at radius 1 is 1.03 bits per heavy atom. The quantitative estimate of drug-likeness (QED) is 0.436. The Morgan fingerprint density at radius 3 is 2.50 bits per heavy atom. The van der Waals surface area contributed by atoms with Gasteiger partial charge in [-0.05, 0) is 80.2 Å². The van der Waals surface area contributed by atoms with Crippen molar-refractivity contribution >= 4 is 34.8 Å². The summed E-state index contributed by atoms with van der Waals surface area (Å²) in [6.07, 6.45) is 2.49. The molecule has 2 amide bonds. The molecule has 3 rings (SSSR count). The van der Waals surface area contributed by atoms with Crippen LogP contribution in [-0.2, 0) is 6.54 Å². The van der Waals surface area contributed by atoms with Crippen molar-refractivity contribution < 1.29 is 18.7 Å². The number of hydrogen-bond acceptors (Lipinski definition) is 5. The number of benzene rings is 2. The average molecular weight is 452 g/mol. The summed E-state index contributed by atoms with van der Waals surface area (Å²) < 4.78 is 11.0. The van der Waals surface area contributed by atoms with E-state index in [0.717, 1.165) is 6.42 Å². The van der Waals surface area contributed by atoms with E-state index in [1.165, 1.54) is 0 Å². The molecule has 7 nitrogen and oxygen atoms in total. The Balaban J connectivity index is 1.51. The van der Waals surface area contributed by atoms with Crippen molar-refractivity contribution in [1.82, 2.24) is 10.6 Å². The minimum atomic E-state index is -0.342. The van der Waals surface area contributed by atoms with Crippen LogP contribution in [0.4, 0.5) is 5.69 Å². The normalized spacial score (nSPS) is 11.3. The molecule has 0 bridgehead atoms. The van der Waals surface area contributed by atoms with Gasteiger partial charge in [0.1, 0.15) is 11.5 Å². The van der Waals surface area contributed by atoms with E-state index in [9.17, 15) is 9.59 Å². The number of ether oxygens (including phenoxy) is 1. The van der Waals surface area contributed by atoms with Crippen molar-refractivity contribution in [2.24, 2.45) is 0 Å². The van der Waals surface area contributed by atoms with E-state index >= 15 is 0 Å². The van der Waals surface area contributed by atoms with Crippen molar-refractivity contribution in [1.29, 1.82) is 0 Å². The van der Waals surface area contributed by atoms with Gasteiger partial charge in [0.15, 0.2) is 5.11 Å². The van der Waals surface area contributed by atoms with Gasteiger partial charge >= 0.3 is 0 Å². The molecular weight excluding hydrogens is 426 g/mol. The molecule has 0 saturated heterocycles. The molecule has 1 aromatic heterocycles. The highest BCUT2D eigenvalue weighted by Gasteiger charge is 2.11. The third-order valence-electron chi connectivity index (χ3n) is 4.64. The minimum Gasteiger partial charge on any atom is -0.491 e. The predicted molar refractivity (Wildman–Crippen MR) is 127 cm³/mol. The minimum absolute atomic E-state index is 0.0613. The number of anilines is 1. The highest BCUT2D eigenvalue weighted by Crippen LogP contribution is 2.16. The number of hydrogen-bond donors (Lipinski definition) is 3. The fourth-order valence-corrected chi connectivity index (χ4v) is 2.96. The summed E-state index contributed by atoms with van der Waals surface area (Å²) in [5.74, 6) is 0.746. The van der Waals surface area contributed by atoms with Gasteiger partial charge in [0.25, 0.3) is 11.8 Å². The molecule has 0 aliphatic heterocycles. The Morgan fingerprint density at radius 2 is 1.81 bits per heavy atom. The predicted octanol–water partition coefficient (Wildman–Crippen LogP) is 4.51. The van der Waals surface area contributed by atoms with Crippen LogP contribution in [0.15, 0.2) is 71.3 Å². The van der Waals surface area contributed by atoms with E-state index in [4.69, 9.17) is 21.4 Å². The average Bonchev–Trinajstić information content (AvgIpc) is 3.31. The molecule has 3 N–H and O–H groups in total. The number of carbonyl (C=O) groups is 2. The van der Waals surface area contributed by atoms with Gasteiger partial charge in [-0.3, -0.25) is 14.9 Å². The standard InChI is InChI=1S/C24H25N3O4S/c1-3-16(2)31-20-7-4-6-18(14-20)23(29)27-24(32)26-19-11-9-17(10-12-19)22(28)25-15-21-8-5-13-30-21/h4-14,16H,3,15H2,1-2H3,(H,25,28)(H2,26,27,29,32). The van der Waals surface area contributed by atoms with Gasteiger partial charge in [-0.25, -0.2) is 0 Å². The first-order valence-electron chi connectivity index (χ1n) is 10.2. The van der Waals surface area contributed by atoms with Crippen LogP contribution in [0.3, 0.4) is 0 Å². The lowest BCUT2D eigenvalue weighted by atomic mass is 10.2. The number of nitrogens with one attached hydrogen (secondary N) is 3. The van der Waals surface area contributed by atoms with Crippen molar-refractivity contribution in [2.45, 2.75) is 32.9 Å². The van der Waals surface area contributed by atoms with Crippen molar-refractivity contribution in [2.75, 3.05) is 5.32 Å². The zero-order valence-corrected chi connectivity index (χ0v) is 18.7. The van der Waals surface area contributed by atoms with Gasteiger partial charge in [-0.1, -0.05) is 13.0 Å². The Labute approximate surface area is 192 Å². The molecule has 0 saturated carbocycles. The van der Waals surface area contributed by atoms with Crippen molar-refractivity contribution in [3.63, 3.8) is 0 Å². The number of amides is 2. The molecule has 1 heterocycles. The summed E-state index contributed by atoms with van der Waals surface area (Å²) in [4.78, 5) is 24.7. The SMILES string of the molecule is CCC(C)Oc1cccc(C(=O)NC(=S)Nc2ccc(C(=O)NCc3ccco3)cc2)c1. The zero-order valence-electron chi connectivity index (χ0n) is 17.9. The highest BCUT2D eigenvalue weighted by atomic mass is 32.1. The Kier molecular flexibility index (Phi) is 7.99. The van der Waals surface area contributed by atoms with Gasteiger partial charge in [0.05, 0.1) is 18.9 Å². The number of thiocarbonyl (C=S) groups is 1. The van der Waals surface area contributed by atoms with Crippen molar-refractivity contribution in [3.05, 3.63) is 83.8 Å². The van der Waals surface area contributed by atoms with Crippen LogP contribution in [0, 0.1) is 0 Å². The molecule has 0 spiro atoms. The van der Waals surface area contributed by atoms with Gasteiger partial charge in [0.2, 0.25) is 0 Å². The second kappa shape index (κ2) is 11.1. The van der Waals surface area contributed by atoms with E-state index < -0.39 is 0 Å². The van der Waals surface area contributed by atoms with Gasteiger partial charge < -0.3 is 19.8 Å². The smallest absolute Gasteiger partial charge is 0.257 e. The van der Waals surface area contributed by atoms with Gasteiger partial charge in [-0.2, -0.15) is 0 Å². The maximum absolute atomic E-state index is 12.5. The van der Waals surface area contributed by atoms with E-state index in [1.54, 1.807) is 60.9 Å². The summed E-state index contributed by atoms with van der Waals surface area (Å²) in [7, 11) is 0. The Hall–Kier alpha value is -3.65. The van der Waals surface area contributed by atoms with Crippen LogP contribution in [0.1, 0.15) is 46.7 Å². The summed E-state index contributed by atoms with van der Waals surface area (Å²) in [5.41, 5.74) is 1.58. The van der Waals surface area contributed by atoms with Crippen molar-refractivity contribution in [3.8, 4) is 5.75 Å². The first kappa shape index (κ1) is 23.0. The second-order valence-corrected chi connectivity index (χ2v) is 7.52. The monoisotopic (exact) mass is 451 g/mol. The largest absolute Gasteiger partial charge is 0.491 e. The van der Waals surface area contributed by atoms with Crippen LogP contribution >= 0.6 is 12.2 Å². The summed E-state index contributed by atoms with van der Waals surface area (Å²) >= 11 is 5.24. The van der Waals surface area contributed by atoms with E-state index in [1.807, 2.05) is 19.9 Å². The molecular formula is C24H25N3O4S. The molecule has 32 heavy (non-hydrogen) atoms. The molecule has 1 unspecified atom stereocenters. The molecule has 0 fully saturated rings. The first-order chi connectivity index (χ1) is 15.4. The third kappa shape index (κ3) is 6.68. The molecule has 3 aromatic rings. The van der Waals surface area contributed by atoms with Crippen LogP contribution in [0.25, 0.3) is 0 Å². The number of rotatable bonds is 8. The number of furan rings is 1. The summed E-state index contributed by atoms with van der Waals surface area (Å²) in [5, 5.41) is 8.52.